The van der Waals surface area contributed by atoms with Gasteiger partial charge in [0.1, 0.15) is 24.2 Å². The van der Waals surface area contributed by atoms with Gasteiger partial charge in [-0.05, 0) is 56.0 Å². The molecule has 5 rings (SSSR count). The minimum atomic E-state index is -0.372. The van der Waals surface area contributed by atoms with E-state index < -0.39 is 0 Å². The number of fused-ring (bicyclic) bond motifs is 2. The minimum absolute atomic E-state index is 0.0620. The van der Waals surface area contributed by atoms with E-state index in [0.29, 0.717) is 67.3 Å². The first kappa shape index (κ1) is 27.0. The monoisotopic (exact) mass is 537 g/mol. The van der Waals surface area contributed by atoms with Crippen LogP contribution in [0.15, 0.2) is 42.5 Å². The van der Waals surface area contributed by atoms with Crippen LogP contribution in [-0.4, -0.2) is 74.8 Å². The van der Waals surface area contributed by atoms with Gasteiger partial charge in [-0.2, -0.15) is 0 Å². The summed E-state index contributed by atoms with van der Waals surface area (Å²) in [5.41, 5.74) is 1.63. The summed E-state index contributed by atoms with van der Waals surface area (Å²) in [7, 11) is 3.34. The molecule has 10 nitrogen and oxygen atoms in total. The lowest BCUT2D eigenvalue weighted by atomic mass is 9.94. The predicted molar refractivity (Wildman–Crippen MR) is 144 cm³/mol. The van der Waals surface area contributed by atoms with Crippen molar-refractivity contribution in [3.63, 3.8) is 0 Å². The Labute approximate surface area is 227 Å². The van der Waals surface area contributed by atoms with Crippen LogP contribution >= 0.6 is 0 Å². The third-order valence-electron chi connectivity index (χ3n) is 7.64. The Balaban J connectivity index is 1.22. The molecule has 3 aliphatic rings. The second-order valence-electron chi connectivity index (χ2n) is 10.2. The van der Waals surface area contributed by atoms with Crippen LogP contribution in [0.1, 0.15) is 42.5 Å². The number of likely N-dealkylation sites (N-methyl/N-ethyl adjacent to an activating group) is 1. The maximum absolute atomic E-state index is 13.5. The number of anilines is 2. The van der Waals surface area contributed by atoms with Gasteiger partial charge < -0.3 is 34.5 Å². The highest BCUT2D eigenvalue weighted by Crippen LogP contribution is 2.33. The van der Waals surface area contributed by atoms with E-state index in [1.807, 2.05) is 12.1 Å². The maximum atomic E-state index is 13.5. The van der Waals surface area contributed by atoms with Gasteiger partial charge in [0.05, 0.1) is 31.2 Å². The van der Waals surface area contributed by atoms with E-state index in [0.717, 1.165) is 0 Å². The molecule has 0 saturated carbocycles. The molecule has 3 atom stereocenters. The van der Waals surface area contributed by atoms with Crippen LogP contribution in [-0.2, 0) is 19.1 Å². The van der Waals surface area contributed by atoms with Crippen LogP contribution in [0, 0.1) is 5.92 Å². The van der Waals surface area contributed by atoms with Crippen LogP contribution in [0.4, 0.5) is 11.4 Å². The first-order valence-electron chi connectivity index (χ1n) is 13.4. The van der Waals surface area contributed by atoms with Crippen molar-refractivity contribution in [1.29, 1.82) is 0 Å². The van der Waals surface area contributed by atoms with Crippen molar-refractivity contribution in [3.05, 3.63) is 48.0 Å². The molecule has 3 heterocycles. The molecule has 2 N–H and O–H groups in total. The molecule has 0 aliphatic carbocycles. The first-order chi connectivity index (χ1) is 18.9. The average molecular weight is 538 g/mol. The highest BCUT2D eigenvalue weighted by atomic mass is 16.5. The van der Waals surface area contributed by atoms with E-state index in [1.54, 1.807) is 49.4 Å². The van der Waals surface area contributed by atoms with Crippen molar-refractivity contribution >= 4 is 29.1 Å². The van der Waals surface area contributed by atoms with Gasteiger partial charge in [-0.3, -0.25) is 14.4 Å². The van der Waals surface area contributed by atoms with Crippen molar-refractivity contribution in [1.82, 2.24) is 4.90 Å². The Morgan fingerprint density at radius 1 is 1.03 bits per heavy atom. The van der Waals surface area contributed by atoms with Gasteiger partial charge in [0.2, 0.25) is 11.8 Å². The number of benzene rings is 2. The van der Waals surface area contributed by atoms with Crippen LogP contribution in [0.25, 0.3) is 0 Å². The number of carbonyl (C=O) groups excluding carboxylic acids is 3. The van der Waals surface area contributed by atoms with Crippen LogP contribution in [0.2, 0.25) is 0 Å². The molecular weight excluding hydrogens is 502 g/mol. The Bertz CT molecular complexity index is 1210. The largest absolute Gasteiger partial charge is 0.497 e. The molecule has 0 unspecified atom stereocenters. The zero-order chi connectivity index (χ0) is 27.4. The van der Waals surface area contributed by atoms with Gasteiger partial charge >= 0.3 is 0 Å². The normalized spacial score (nSPS) is 23.4. The quantitative estimate of drug-likeness (QED) is 0.580. The van der Waals surface area contributed by atoms with Gasteiger partial charge in [-0.1, -0.05) is 6.07 Å². The standard InChI is InChI=1S/C29H35N3O7/c1-32-24-8-7-22(16-27(33)30-19-4-3-5-21(14-19)36-2)39-26(24)17-38-25-9-6-20(15-23(25)29(32)35)31-28(34)18-10-12-37-13-11-18/h3-6,9,14-15,18,22,24,26H,7-8,10-13,16-17H2,1-2H3,(H,30,33)(H,31,34)/t22-,24-,26+/m1/s1. The summed E-state index contributed by atoms with van der Waals surface area (Å²) < 4.78 is 22.9. The summed E-state index contributed by atoms with van der Waals surface area (Å²) in [5, 5.41) is 5.84. The highest BCUT2D eigenvalue weighted by molar-refractivity contribution is 6.00. The molecule has 3 aliphatic heterocycles. The van der Waals surface area contributed by atoms with E-state index in [9.17, 15) is 14.4 Å². The van der Waals surface area contributed by atoms with E-state index in [-0.39, 0.29) is 54.9 Å². The maximum Gasteiger partial charge on any atom is 0.257 e. The second-order valence-corrected chi connectivity index (χ2v) is 10.2. The number of carbonyl (C=O) groups is 3. The third kappa shape index (κ3) is 6.34. The van der Waals surface area contributed by atoms with Gasteiger partial charge in [-0.15, -0.1) is 0 Å². The molecule has 2 aromatic rings. The molecule has 0 radical (unpaired) electrons. The molecule has 39 heavy (non-hydrogen) atoms. The zero-order valence-electron chi connectivity index (χ0n) is 22.3. The summed E-state index contributed by atoms with van der Waals surface area (Å²) in [5.74, 6) is 0.603. The SMILES string of the molecule is COc1cccc(NC(=O)C[C@H]2CC[C@@H]3[C@H](COc4ccc(NC(=O)C5CCOCC5)cc4C(=O)N3C)O2)c1. The number of ether oxygens (including phenoxy) is 4. The van der Waals surface area contributed by atoms with Crippen LogP contribution < -0.4 is 20.1 Å². The number of hydrogen-bond acceptors (Lipinski definition) is 7. The topological polar surface area (TPSA) is 115 Å². The van der Waals surface area contributed by atoms with Gasteiger partial charge in [0.25, 0.3) is 5.91 Å². The minimum Gasteiger partial charge on any atom is -0.497 e. The van der Waals surface area contributed by atoms with E-state index >= 15 is 0 Å². The first-order valence-corrected chi connectivity index (χ1v) is 13.4. The number of nitrogens with one attached hydrogen (secondary N) is 2. The molecule has 0 spiro atoms. The summed E-state index contributed by atoms with van der Waals surface area (Å²) in [4.78, 5) is 40.6. The summed E-state index contributed by atoms with van der Waals surface area (Å²) in [6.07, 6.45) is 2.24. The van der Waals surface area contributed by atoms with Gasteiger partial charge in [-0.25, -0.2) is 0 Å². The van der Waals surface area contributed by atoms with Crippen molar-refractivity contribution in [3.8, 4) is 11.5 Å². The fourth-order valence-corrected chi connectivity index (χ4v) is 5.43. The average Bonchev–Trinajstić information content (AvgIpc) is 2.95. The lowest BCUT2D eigenvalue weighted by Crippen LogP contribution is -2.53. The number of nitrogens with zero attached hydrogens (tertiary/aromatic N) is 1. The van der Waals surface area contributed by atoms with E-state index in [2.05, 4.69) is 10.6 Å². The number of methoxy groups -OCH3 is 1. The Hall–Kier alpha value is -3.63. The second kappa shape index (κ2) is 12.0. The molecule has 0 bridgehead atoms. The fraction of sp³-hybridized carbons (Fsp3) is 0.483. The zero-order valence-corrected chi connectivity index (χ0v) is 22.3. The Kier molecular flexibility index (Phi) is 8.33. The van der Waals surface area contributed by atoms with Crippen molar-refractivity contribution in [2.75, 3.05) is 44.6 Å². The molecule has 2 aromatic carbocycles. The molecule has 2 saturated heterocycles. The van der Waals surface area contributed by atoms with Gasteiger partial charge in [0, 0.05) is 43.6 Å². The number of amides is 3. The third-order valence-corrected chi connectivity index (χ3v) is 7.64. The van der Waals surface area contributed by atoms with Crippen LogP contribution in [0.5, 0.6) is 11.5 Å². The number of hydrogen-bond donors (Lipinski definition) is 2. The van der Waals surface area contributed by atoms with Crippen LogP contribution in [0.3, 0.4) is 0 Å². The lowest BCUT2D eigenvalue weighted by molar-refractivity contribution is -0.130. The smallest absolute Gasteiger partial charge is 0.257 e. The molecular formula is C29H35N3O7. The van der Waals surface area contributed by atoms with Crippen molar-refractivity contribution in [2.45, 2.75) is 50.4 Å². The Morgan fingerprint density at radius 3 is 2.62 bits per heavy atom. The van der Waals surface area contributed by atoms with Crippen molar-refractivity contribution < 1.29 is 33.3 Å². The predicted octanol–water partition coefficient (Wildman–Crippen LogP) is 3.47. The van der Waals surface area contributed by atoms with Crippen molar-refractivity contribution in [2.24, 2.45) is 5.92 Å². The molecule has 0 aromatic heterocycles. The van der Waals surface area contributed by atoms with E-state index in [1.165, 1.54) is 0 Å². The lowest BCUT2D eigenvalue weighted by Gasteiger charge is -2.42. The molecule has 10 heteroatoms. The highest BCUT2D eigenvalue weighted by Gasteiger charge is 2.39. The molecule has 3 amide bonds. The summed E-state index contributed by atoms with van der Waals surface area (Å²) in [6, 6.07) is 12.1. The number of rotatable bonds is 6. The van der Waals surface area contributed by atoms with Gasteiger partial charge in [0.15, 0.2) is 0 Å². The Morgan fingerprint density at radius 2 is 1.82 bits per heavy atom. The molecule has 2 fully saturated rings. The summed E-state index contributed by atoms with van der Waals surface area (Å²) in [6.45, 7) is 1.41. The fourth-order valence-electron chi connectivity index (χ4n) is 5.43. The molecule has 208 valence electrons. The summed E-state index contributed by atoms with van der Waals surface area (Å²) >= 11 is 0. The van der Waals surface area contributed by atoms with E-state index in [4.69, 9.17) is 18.9 Å².